The second kappa shape index (κ2) is 8.55. The van der Waals surface area contributed by atoms with Crippen molar-refractivity contribution in [2.45, 2.75) is 77.4 Å². The quantitative estimate of drug-likeness (QED) is 0.581. The maximum absolute atomic E-state index is 9.48. The Morgan fingerprint density at radius 1 is 1.32 bits per heavy atom. The van der Waals surface area contributed by atoms with Gasteiger partial charge < -0.3 is 4.74 Å². The van der Waals surface area contributed by atoms with Crippen molar-refractivity contribution in [3.63, 3.8) is 0 Å². The van der Waals surface area contributed by atoms with Gasteiger partial charge in [0.2, 0.25) is 0 Å². The molecule has 1 aliphatic rings. The maximum Gasteiger partial charge on any atom is 0.133 e. The van der Waals surface area contributed by atoms with Crippen molar-refractivity contribution in [2.75, 3.05) is 13.2 Å². The van der Waals surface area contributed by atoms with E-state index in [1.54, 1.807) is 0 Å². The average Bonchev–Trinajstić information content (AvgIpc) is 3.24. The third-order valence-electron chi connectivity index (χ3n) is 4.03. The highest BCUT2D eigenvalue weighted by atomic mass is 16.5. The zero-order chi connectivity index (χ0) is 14.1. The fraction of sp³-hybridized carbons (Fsp3) is 0.938. The number of hydrogen-bond donors (Lipinski definition) is 1. The first-order chi connectivity index (χ1) is 9.18. The van der Waals surface area contributed by atoms with E-state index in [4.69, 9.17) is 4.74 Å². The number of likely N-dealkylation sites (N-methyl/N-ethyl adjacent to an activating group) is 1. The van der Waals surface area contributed by atoms with Crippen LogP contribution in [-0.4, -0.2) is 24.8 Å². The molecular formula is C16H30N2O. The van der Waals surface area contributed by atoms with Crippen LogP contribution in [0.3, 0.4) is 0 Å². The van der Waals surface area contributed by atoms with Gasteiger partial charge in [0.05, 0.1) is 18.8 Å². The molecule has 0 bridgehead atoms. The number of nitrogens with zero attached hydrogens (tertiary/aromatic N) is 1. The second-order valence-electron chi connectivity index (χ2n) is 5.86. The van der Waals surface area contributed by atoms with Crippen molar-refractivity contribution in [3.05, 3.63) is 0 Å². The molecule has 2 unspecified atom stereocenters. The van der Waals surface area contributed by atoms with Crippen LogP contribution < -0.4 is 5.32 Å². The van der Waals surface area contributed by atoms with E-state index in [1.807, 2.05) is 0 Å². The minimum absolute atomic E-state index is 0.266. The molecule has 1 aliphatic carbocycles. The summed E-state index contributed by atoms with van der Waals surface area (Å²) in [5.74, 6) is 0.491. The Balaban J connectivity index is 2.29. The molecule has 1 rings (SSSR count). The Morgan fingerprint density at radius 3 is 2.58 bits per heavy atom. The largest absolute Gasteiger partial charge is 0.375 e. The zero-order valence-electron chi connectivity index (χ0n) is 12.9. The summed E-state index contributed by atoms with van der Waals surface area (Å²) in [6.07, 6.45) is 8.82. The first-order valence-electron chi connectivity index (χ1n) is 7.96. The number of hydrogen-bond acceptors (Lipinski definition) is 3. The summed E-state index contributed by atoms with van der Waals surface area (Å²) in [6.45, 7) is 7.79. The van der Waals surface area contributed by atoms with Gasteiger partial charge in [0.15, 0.2) is 0 Å². The van der Waals surface area contributed by atoms with Gasteiger partial charge in [-0.05, 0) is 38.6 Å². The molecular weight excluding hydrogens is 236 g/mol. The minimum Gasteiger partial charge on any atom is -0.375 e. The molecule has 0 aliphatic heterocycles. The van der Waals surface area contributed by atoms with Crippen LogP contribution in [0, 0.1) is 17.2 Å². The molecule has 110 valence electrons. The lowest BCUT2D eigenvalue weighted by atomic mass is 9.96. The van der Waals surface area contributed by atoms with E-state index in [-0.39, 0.29) is 6.10 Å². The van der Waals surface area contributed by atoms with E-state index in [9.17, 15) is 5.26 Å². The average molecular weight is 266 g/mol. The van der Waals surface area contributed by atoms with E-state index < -0.39 is 5.54 Å². The van der Waals surface area contributed by atoms with Crippen molar-refractivity contribution >= 4 is 0 Å². The summed E-state index contributed by atoms with van der Waals surface area (Å²) in [7, 11) is 0. The summed E-state index contributed by atoms with van der Waals surface area (Å²) < 4.78 is 5.95. The van der Waals surface area contributed by atoms with Crippen LogP contribution in [0.4, 0.5) is 0 Å². The molecule has 0 aromatic carbocycles. The number of ether oxygens (including phenoxy) is 1. The lowest BCUT2D eigenvalue weighted by molar-refractivity contribution is 0.0226. The Hall–Kier alpha value is -0.590. The van der Waals surface area contributed by atoms with E-state index in [2.05, 4.69) is 32.2 Å². The number of nitriles is 1. The van der Waals surface area contributed by atoms with Crippen molar-refractivity contribution in [2.24, 2.45) is 5.92 Å². The fourth-order valence-electron chi connectivity index (χ4n) is 2.58. The molecule has 1 fully saturated rings. The van der Waals surface area contributed by atoms with Crippen LogP contribution in [0.2, 0.25) is 0 Å². The van der Waals surface area contributed by atoms with Gasteiger partial charge >= 0.3 is 0 Å². The summed E-state index contributed by atoms with van der Waals surface area (Å²) >= 11 is 0. The number of rotatable bonds is 11. The van der Waals surface area contributed by atoms with Gasteiger partial charge in [-0.2, -0.15) is 5.26 Å². The summed E-state index contributed by atoms with van der Waals surface area (Å²) in [5.41, 5.74) is -0.438. The topological polar surface area (TPSA) is 45.0 Å². The van der Waals surface area contributed by atoms with Gasteiger partial charge in [0.1, 0.15) is 5.54 Å². The molecule has 2 atom stereocenters. The fourth-order valence-corrected chi connectivity index (χ4v) is 2.58. The van der Waals surface area contributed by atoms with Crippen LogP contribution in [0.5, 0.6) is 0 Å². The molecule has 0 spiro atoms. The number of nitrogens with one attached hydrogen (secondary N) is 1. The first-order valence-corrected chi connectivity index (χ1v) is 7.96. The monoisotopic (exact) mass is 266 g/mol. The number of unbranched alkanes of at least 4 members (excludes halogenated alkanes) is 3. The lowest BCUT2D eigenvalue weighted by Crippen LogP contribution is -2.50. The molecule has 3 heteroatoms. The minimum atomic E-state index is -0.438. The van der Waals surface area contributed by atoms with Crippen molar-refractivity contribution in [1.82, 2.24) is 5.32 Å². The summed E-state index contributed by atoms with van der Waals surface area (Å²) in [5, 5.41) is 12.8. The van der Waals surface area contributed by atoms with Gasteiger partial charge in [-0.15, -0.1) is 0 Å². The highest BCUT2D eigenvalue weighted by molar-refractivity contribution is 5.15. The molecule has 0 aromatic rings. The van der Waals surface area contributed by atoms with E-state index in [0.717, 1.165) is 25.8 Å². The molecule has 1 saturated carbocycles. The third-order valence-corrected chi connectivity index (χ3v) is 4.03. The third kappa shape index (κ3) is 5.50. The van der Waals surface area contributed by atoms with Crippen LogP contribution >= 0.6 is 0 Å². The maximum atomic E-state index is 9.48. The Labute approximate surface area is 118 Å². The van der Waals surface area contributed by atoms with E-state index in [1.165, 1.54) is 25.7 Å². The van der Waals surface area contributed by atoms with Crippen LogP contribution in [0.25, 0.3) is 0 Å². The molecule has 0 radical (unpaired) electrons. The van der Waals surface area contributed by atoms with Crippen LogP contribution in [0.1, 0.15) is 65.7 Å². The van der Waals surface area contributed by atoms with Gasteiger partial charge in [0, 0.05) is 0 Å². The SMILES string of the molecule is CCCCCCC(C)OCC(C#N)(NCC)C1CC1. The second-order valence-corrected chi connectivity index (χ2v) is 5.86. The Kier molecular flexibility index (Phi) is 7.41. The van der Waals surface area contributed by atoms with Gasteiger partial charge in [-0.25, -0.2) is 0 Å². The molecule has 3 nitrogen and oxygen atoms in total. The molecule has 1 N–H and O–H groups in total. The highest BCUT2D eigenvalue weighted by Gasteiger charge is 2.45. The highest BCUT2D eigenvalue weighted by Crippen LogP contribution is 2.39. The van der Waals surface area contributed by atoms with Crippen LogP contribution in [-0.2, 0) is 4.74 Å². The normalized spacial score (nSPS) is 19.7. The summed E-state index contributed by atoms with van der Waals surface area (Å²) in [6, 6.07) is 2.47. The standard InChI is InChI=1S/C16H30N2O/c1-4-6-7-8-9-14(3)19-13-16(12-17,18-5-2)15-10-11-15/h14-15,18H,4-11,13H2,1-3H3. The van der Waals surface area contributed by atoms with Gasteiger partial charge in [-0.3, -0.25) is 5.32 Å². The first kappa shape index (κ1) is 16.5. The van der Waals surface area contributed by atoms with Crippen molar-refractivity contribution in [3.8, 4) is 6.07 Å². The molecule has 0 heterocycles. The van der Waals surface area contributed by atoms with Gasteiger partial charge in [0.25, 0.3) is 0 Å². The van der Waals surface area contributed by atoms with E-state index >= 15 is 0 Å². The molecule has 0 aromatic heterocycles. The van der Waals surface area contributed by atoms with Crippen molar-refractivity contribution in [1.29, 1.82) is 5.26 Å². The molecule has 0 saturated heterocycles. The zero-order valence-corrected chi connectivity index (χ0v) is 12.9. The Bertz CT molecular complexity index is 283. The van der Waals surface area contributed by atoms with Gasteiger partial charge in [-0.1, -0.05) is 39.5 Å². The predicted molar refractivity (Wildman–Crippen MR) is 78.9 cm³/mol. The van der Waals surface area contributed by atoms with E-state index in [0.29, 0.717) is 12.5 Å². The molecule has 19 heavy (non-hydrogen) atoms. The summed E-state index contributed by atoms with van der Waals surface area (Å²) in [4.78, 5) is 0. The smallest absolute Gasteiger partial charge is 0.133 e. The lowest BCUT2D eigenvalue weighted by Gasteiger charge is -2.29. The predicted octanol–water partition coefficient (Wildman–Crippen LogP) is 3.64. The Morgan fingerprint density at radius 2 is 2.05 bits per heavy atom. The van der Waals surface area contributed by atoms with Crippen molar-refractivity contribution < 1.29 is 4.74 Å². The molecule has 0 amide bonds. The van der Waals surface area contributed by atoms with Crippen LogP contribution in [0.15, 0.2) is 0 Å².